The van der Waals surface area contributed by atoms with Crippen LogP contribution in [0.4, 0.5) is 0 Å². The predicted molar refractivity (Wildman–Crippen MR) is 112 cm³/mol. The molecule has 1 amide bonds. The maximum Gasteiger partial charge on any atom is 0.220 e. The minimum atomic E-state index is -0.0768. The number of fused-ring (bicyclic) bond motifs is 1. The number of benzene rings is 1. The highest BCUT2D eigenvalue weighted by atomic mass is 16.3. The van der Waals surface area contributed by atoms with Gasteiger partial charge in [0.2, 0.25) is 5.91 Å². The molecule has 0 spiro atoms. The Labute approximate surface area is 172 Å². The van der Waals surface area contributed by atoms with Gasteiger partial charge in [0.25, 0.3) is 0 Å². The summed E-state index contributed by atoms with van der Waals surface area (Å²) < 4.78 is 5.59. The summed E-state index contributed by atoms with van der Waals surface area (Å²) in [7, 11) is 0. The molecule has 1 N–H and O–H groups in total. The third kappa shape index (κ3) is 4.96. The van der Waals surface area contributed by atoms with Crippen LogP contribution in [0.1, 0.15) is 71.8 Å². The number of furan rings is 1. The highest BCUT2D eigenvalue weighted by Crippen LogP contribution is 2.25. The van der Waals surface area contributed by atoms with Crippen LogP contribution in [0.2, 0.25) is 0 Å². The molecule has 2 heterocycles. The van der Waals surface area contributed by atoms with Gasteiger partial charge in [-0.05, 0) is 80.9 Å². The van der Waals surface area contributed by atoms with E-state index in [1.807, 2.05) is 24.3 Å². The van der Waals surface area contributed by atoms with Gasteiger partial charge in [0.05, 0.1) is 12.3 Å². The van der Waals surface area contributed by atoms with E-state index in [9.17, 15) is 9.59 Å². The molecule has 154 valence electrons. The largest absolute Gasteiger partial charge is 0.468 e. The first-order valence-corrected chi connectivity index (χ1v) is 10.9. The van der Waals surface area contributed by atoms with E-state index < -0.39 is 0 Å². The Morgan fingerprint density at radius 3 is 2.55 bits per heavy atom. The van der Waals surface area contributed by atoms with Crippen molar-refractivity contribution in [2.24, 2.45) is 0 Å². The Bertz CT molecular complexity index is 838. The zero-order valence-electron chi connectivity index (χ0n) is 17.0. The van der Waals surface area contributed by atoms with Crippen molar-refractivity contribution in [3.8, 4) is 0 Å². The van der Waals surface area contributed by atoms with Crippen molar-refractivity contribution >= 4 is 11.7 Å². The quantitative estimate of drug-likeness (QED) is 0.686. The second kappa shape index (κ2) is 9.40. The number of hydrogen-bond acceptors (Lipinski definition) is 4. The number of carbonyl (C=O) groups excluding carboxylic acids is 2. The van der Waals surface area contributed by atoms with Crippen molar-refractivity contribution in [2.75, 3.05) is 19.6 Å². The lowest BCUT2D eigenvalue weighted by Gasteiger charge is -2.26. The molecule has 1 aromatic carbocycles. The van der Waals surface area contributed by atoms with E-state index >= 15 is 0 Å². The van der Waals surface area contributed by atoms with Crippen LogP contribution in [-0.2, 0) is 17.6 Å². The molecule has 29 heavy (non-hydrogen) atoms. The molecule has 1 atom stereocenters. The standard InChI is InChI=1S/C24H30N2O3/c27-22(20-10-9-18-6-1-2-7-19(18)16-20)11-12-24(28)25-17-21(23-8-5-15-29-23)26-13-3-4-14-26/h5,8-10,15-16,21H,1-4,6-7,11-14,17H2,(H,25,28). The van der Waals surface area contributed by atoms with E-state index in [4.69, 9.17) is 4.42 Å². The van der Waals surface area contributed by atoms with Gasteiger partial charge in [-0.15, -0.1) is 0 Å². The molecule has 4 rings (SSSR count). The SMILES string of the molecule is O=C(CCC(=O)c1ccc2c(c1)CCCC2)NCC(c1ccco1)N1CCCC1. The first kappa shape index (κ1) is 19.9. The number of Topliss-reactive ketones (excluding diaryl/α,β-unsaturated/α-hetero) is 1. The maximum absolute atomic E-state index is 12.6. The summed E-state index contributed by atoms with van der Waals surface area (Å²) in [6.07, 6.45) is 9.11. The summed E-state index contributed by atoms with van der Waals surface area (Å²) in [6.45, 7) is 2.56. The maximum atomic E-state index is 12.6. The zero-order valence-corrected chi connectivity index (χ0v) is 17.0. The Hall–Kier alpha value is -2.40. The lowest BCUT2D eigenvalue weighted by molar-refractivity contribution is -0.121. The average molecular weight is 395 g/mol. The smallest absolute Gasteiger partial charge is 0.220 e. The molecule has 1 saturated heterocycles. The van der Waals surface area contributed by atoms with Crippen LogP contribution in [-0.4, -0.2) is 36.2 Å². The number of rotatable bonds is 8. The van der Waals surface area contributed by atoms with E-state index in [2.05, 4.69) is 16.3 Å². The molecule has 1 unspecified atom stereocenters. The fraction of sp³-hybridized carbons (Fsp3) is 0.500. The number of likely N-dealkylation sites (tertiary alicyclic amines) is 1. The number of hydrogen-bond donors (Lipinski definition) is 1. The number of amides is 1. The molecule has 1 fully saturated rings. The van der Waals surface area contributed by atoms with Crippen LogP contribution in [0.3, 0.4) is 0 Å². The summed E-state index contributed by atoms with van der Waals surface area (Å²) in [5.74, 6) is 0.861. The van der Waals surface area contributed by atoms with Gasteiger partial charge in [-0.2, -0.15) is 0 Å². The van der Waals surface area contributed by atoms with Crippen molar-refractivity contribution < 1.29 is 14.0 Å². The van der Waals surface area contributed by atoms with E-state index in [1.54, 1.807) is 6.26 Å². The fourth-order valence-electron chi connectivity index (χ4n) is 4.52. The van der Waals surface area contributed by atoms with Crippen molar-refractivity contribution in [2.45, 2.75) is 57.4 Å². The Kier molecular flexibility index (Phi) is 6.45. The monoisotopic (exact) mass is 394 g/mol. The summed E-state index contributed by atoms with van der Waals surface area (Å²) in [5.41, 5.74) is 3.42. The molecular formula is C24H30N2O3. The fourth-order valence-corrected chi connectivity index (χ4v) is 4.52. The lowest BCUT2D eigenvalue weighted by Crippen LogP contribution is -2.36. The Balaban J connectivity index is 1.28. The van der Waals surface area contributed by atoms with E-state index in [0.717, 1.165) is 37.3 Å². The highest BCUT2D eigenvalue weighted by Gasteiger charge is 2.26. The van der Waals surface area contributed by atoms with Gasteiger partial charge in [-0.25, -0.2) is 0 Å². The van der Waals surface area contributed by atoms with Crippen LogP contribution in [0.15, 0.2) is 41.0 Å². The zero-order chi connectivity index (χ0) is 20.1. The first-order valence-electron chi connectivity index (χ1n) is 10.9. The summed E-state index contributed by atoms with van der Waals surface area (Å²) >= 11 is 0. The number of ketones is 1. The second-order valence-electron chi connectivity index (χ2n) is 8.19. The minimum absolute atomic E-state index is 0.0515. The van der Waals surface area contributed by atoms with Crippen LogP contribution >= 0.6 is 0 Å². The molecular weight excluding hydrogens is 364 g/mol. The van der Waals surface area contributed by atoms with E-state index in [-0.39, 0.29) is 30.6 Å². The molecule has 1 aliphatic heterocycles. The normalized spacial score (nSPS) is 17.7. The molecule has 2 aliphatic rings. The lowest BCUT2D eigenvalue weighted by atomic mass is 9.89. The summed E-state index contributed by atoms with van der Waals surface area (Å²) in [6, 6.07) is 9.96. The molecule has 0 radical (unpaired) electrons. The number of nitrogens with one attached hydrogen (secondary N) is 1. The summed E-state index contributed by atoms with van der Waals surface area (Å²) in [4.78, 5) is 27.3. The molecule has 2 aromatic rings. The minimum Gasteiger partial charge on any atom is -0.468 e. The number of aryl methyl sites for hydroxylation is 2. The van der Waals surface area contributed by atoms with Gasteiger partial charge >= 0.3 is 0 Å². The molecule has 0 saturated carbocycles. The van der Waals surface area contributed by atoms with Gasteiger partial charge in [-0.1, -0.05) is 12.1 Å². The van der Waals surface area contributed by atoms with Gasteiger partial charge in [-0.3, -0.25) is 14.5 Å². The van der Waals surface area contributed by atoms with Gasteiger partial charge in [0.15, 0.2) is 5.78 Å². The predicted octanol–water partition coefficient (Wildman–Crippen LogP) is 4.07. The molecule has 5 nitrogen and oxygen atoms in total. The van der Waals surface area contributed by atoms with Gasteiger partial charge in [0.1, 0.15) is 5.76 Å². The van der Waals surface area contributed by atoms with Crippen LogP contribution in [0.5, 0.6) is 0 Å². The third-order valence-corrected chi connectivity index (χ3v) is 6.20. The number of carbonyl (C=O) groups is 2. The Morgan fingerprint density at radius 2 is 1.79 bits per heavy atom. The van der Waals surface area contributed by atoms with Crippen molar-refractivity contribution in [3.05, 3.63) is 59.0 Å². The highest BCUT2D eigenvalue weighted by molar-refractivity contribution is 5.98. The van der Waals surface area contributed by atoms with Crippen LogP contribution in [0.25, 0.3) is 0 Å². The average Bonchev–Trinajstić information content (AvgIpc) is 3.47. The summed E-state index contributed by atoms with van der Waals surface area (Å²) in [5, 5.41) is 3.01. The van der Waals surface area contributed by atoms with Gasteiger partial charge < -0.3 is 9.73 Å². The molecule has 0 bridgehead atoms. The van der Waals surface area contributed by atoms with Crippen LogP contribution in [0, 0.1) is 0 Å². The van der Waals surface area contributed by atoms with Crippen molar-refractivity contribution in [1.82, 2.24) is 10.2 Å². The molecule has 1 aromatic heterocycles. The van der Waals surface area contributed by atoms with Crippen molar-refractivity contribution in [1.29, 1.82) is 0 Å². The van der Waals surface area contributed by atoms with Crippen molar-refractivity contribution in [3.63, 3.8) is 0 Å². The second-order valence-corrected chi connectivity index (χ2v) is 8.19. The topological polar surface area (TPSA) is 62.6 Å². The van der Waals surface area contributed by atoms with E-state index in [1.165, 1.54) is 36.8 Å². The van der Waals surface area contributed by atoms with Crippen LogP contribution < -0.4 is 5.32 Å². The van der Waals surface area contributed by atoms with Gasteiger partial charge in [0, 0.05) is 24.9 Å². The third-order valence-electron chi connectivity index (χ3n) is 6.20. The molecule has 5 heteroatoms. The Morgan fingerprint density at radius 1 is 1.00 bits per heavy atom. The van der Waals surface area contributed by atoms with E-state index in [0.29, 0.717) is 6.54 Å². The number of nitrogens with zero attached hydrogens (tertiary/aromatic N) is 1. The first-order chi connectivity index (χ1) is 14.2. The molecule has 1 aliphatic carbocycles.